The van der Waals surface area contributed by atoms with Crippen molar-refractivity contribution in [1.29, 1.82) is 0 Å². The van der Waals surface area contributed by atoms with Gasteiger partial charge in [-0.25, -0.2) is 0 Å². The van der Waals surface area contributed by atoms with Crippen LogP contribution in [0.2, 0.25) is 0 Å². The van der Waals surface area contributed by atoms with E-state index in [1.807, 2.05) is 38.1 Å². The van der Waals surface area contributed by atoms with Crippen LogP contribution in [-0.4, -0.2) is 37.3 Å². The summed E-state index contributed by atoms with van der Waals surface area (Å²) in [7, 11) is 3.01. The van der Waals surface area contributed by atoms with Gasteiger partial charge in [0.05, 0.1) is 5.71 Å². The Kier molecular flexibility index (Phi) is 7.45. The number of hydrogen-bond acceptors (Lipinski definition) is 6. The van der Waals surface area contributed by atoms with Gasteiger partial charge in [-0.05, 0) is 13.8 Å². The smallest absolute Gasteiger partial charge is 0.222 e. The average Bonchev–Trinajstić information content (AvgIpc) is 2.51. The maximum absolute atomic E-state index is 11.4. The number of oxime groups is 2. The summed E-state index contributed by atoms with van der Waals surface area (Å²) >= 11 is 0. The van der Waals surface area contributed by atoms with Crippen molar-refractivity contribution in [3.05, 3.63) is 35.4 Å². The highest BCUT2D eigenvalue weighted by molar-refractivity contribution is 6.49. The van der Waals surface area contributed by atoms with Crippen molar-refractivity contribution in [2.75, 3.05) is 14.2 Å². The summed E-state index contributed by atoms with van der Waals surface area (Å²) in [5.41, 5.74) is 2.83. The van der Waals surface area contributed by atoms with Crippen LogP contribution in [0.5, 0.6) is 0 Å². The van der Waals surface area contributed by atoms with Crippen molar-refractivity contribution in [3.63, 3.8) is 0 Å². The van der Waals surface area contributed by atoms with E-state index in [1.54, 1.807) is 7.05 Å². The number of carbonyl (C=O) groups excluding carboxylic acids is 1. The van der Waals surface area contributed by atoms with Crippen LogP contribution in [-0.2, 0) is 21.1 Å². The van der Waals surface area contributed by atoms with E-state index in [-0.39, 0.29) is 12.5 Å². The molecule has 1 aromatic carbocycles. The molecule has 7 nitrogen and oxygen atoms in total. The number of nitrogens with zero attached hydrogens (tertiary/aromatic N) is 3. The quantitative estimate of drug-likeness (QED) is 0.495. The van der Waals surface area contributed by atoms with Crippen LogP contribution in [0, 0.1) is 0 Å². The normalized spacial score (nSPS) is 11.7. The lowest BCUT2D eigenvalue weighted by atomic mass is 10.0. The Morgan fingerprint density at radius 2 is 1.87 bits per heavy atom. The Labute approximate surface area is 136 Å². The number of benzene rings is 1. The number of amidine groups is 1. The Bertz CT molecular complexity index is 632. The van der Waals surface area contributed by atoms with Gasteiger partial charge in [-0.2, -0.15) is 0 Å². The van der Waals surface area contributed by atoms with Crippen molar-refractivity contribution in [2.45, 2.75) is 27.4 Å². The Balaban J connectivity index is 3.20. The minimum Gasteiger partial charge on any atom is -0.399 e. The summed E-state index contributed by atoms with van der Waals surface area (Å²) in [6.45, 7) is 5.37. The molecule has 0 saturated heterocycles. The molecule has 1 N–H and O–H groups in total. The molecule has 0 atom stereocenters. The van der Waals surface area contributed by atoms with Crippen LogP contribution in [0.15, 0.2) is 39.6 Å². The molecule has 1 amide bonds. The molecule has 0 aliphatic heterocycles. The van der Waals surface area contributed by atoms with Gasteiger partial charge in [-0.3, -0.25) is 9.79 Å². The van der Waals surface area contributed by atoms with Gasteiger partial charge in [-0.15, -0.1) is 0 Å². The van der Waals surface area contributed by atoms with E-state index in [4.69, 9.17) is 9.68 Å². The molecule has 0 heterocycles. The molecule has 0 saturated carbocycles. The van der Waals surface area contributed by atoms with Gasteiger partial charge in [-0.1, -0.05) is 34.6 Å². The number of rotatable bonds is 6. The van der Waals surface area contributed by atoms with E-state index in [0.717, 1.165) is 16.8 Å². The highest BCUT2D eigenvalue weighted by atomic mass is 16.6. The molecule has 1 aromatic rings. The summed E-state index contributed by atoms with van der Waals surface area (Å²) < 4.78 is 0. The molecular formula is C16H22N4O3. The molecule has 0 fully saturated rings. The number of amides is 1. The zero-order valence-electron chi connectivity index (χ0n) is 14.1. The first-order chi connectivity index (χ1) is 11.0. The molecule has 0 aliphatic rings. The van der Waals surface area contributed by atoms with Crippen molar-refractivity contribution < 1.29 is 14.5 Å². The molecule has 1 rings (SSSR count). The number of hydrogen-bond donors (Lipinski definition) is 1. The number of nitrogens with one attached hydrogen (secondary N) is 1. The fourth-order valence-corrected chi connectivity index (χ4v) is 1.81. The molecule has 0 bridgehead atoms. The molecule has 0 unspecified atom stereocenters. The fraction of sp³-hybridized carbons (Fsp3) is 0.375. The van der Waals surface area contributed by atoms with Crippen LogP contribution < -0.4 is 5.32 Å². The van der Waals surface area contributed by atoms with Crippen molar-refractivity contribution in [2.24, 2.45) is 15.3 Å². The average molecular weight is 318 g/mol. The minimum absolute atomic E-state index is 0.241. The maximum atomic E-state index is 11.4. The summed E-state index contributed by atoms with van der Waals surface area (Å²) in [5, 5.41) is 10.6. The van der Waals surface area contributed by atoms with E-state index >= 15 is 0 Å². The van der Waals surface area contributed by atoms with E-state index in [2.05, 4.69) is 20.6 Å². The van der Waals surface area contributed by atoms with E-state index < -0.39 is 0 Å². The summed E-state index contributed by atoms with van der Waals surface area (Å²) in [6.07, 6.45) is 0. The highest BCUT2D eigenvalue weighted by Crippen LogP contribution is 2.13. The first-order valence-corrected chi connectivity index (χ1v) is 7.07. The lowest BCUT2D eigenvalue weighted by Gasteiger charge is -2.13. The van der Waals surface area contributed by atoms with Gasteiger partial charge in [0.2, 0.25) is 5.91 Å². The van der Waals surface area contributed by atoms with Crippen LogP contribution in [0.1, 0.15) is 31.9 Å². The fourth-order valence-electron chi connectivity index (χ4n) is 1.81. The second-order valence-corrected chi connectivity index (χ2v) is 4.84. The second kappa shape index (κ2) is 9.34. The Morgan fingerprint density at radius 3 is 2.43 bits per heavy atom. The van der Waals surface area contributed by atoms with Crippen molar-refractivity contribution in [1.82, 2.24) is 5.32 Å². The van der Waals surface area contributed by atoms with E-state index in [0.29, 0.717) is 11.5 Å². The molecular weight excluding hydrogens is 296 g/mol. The molecule has 0 spiro atoms. The third kappa shape index (κ3) is 5.90. The monoisotopic (exact) mass is 318 g/mol. The van der Waals surface area contributed by atoms with E-state index in [9.17, 15) is 4.79 Å². The van der Waals surface area contributed by atoms with Crippen molar-refractivity contribution in [3.8, 4) is 0 Å². The van der Waals surface area contributed by atoms with Gasteiger partial charge in [0.1, 0.15) is 13.7 Å². The lowest BCUT2D eigenvalue weighted by molar-refractivity contribution is -0.117. The topological polar surface area (TPSA) is 84.6 Å². The molecule has 0 aliphatic carbocycles. The van der Waals surface area contributed by atoms with Crippen LogP contribution in [0.3, 0.4) is 0 Å². The molecule has 124 valence electrons. The Morgan fingerprint density at radius 1 is 1.17 bits per heavy atom. The van der Waals surface area contributed by atoms with Gasteiger partial charge in [0.25, 0.3) is 0 Å². The zero-order chi connectivity index (χ0) is 17.2. The largest absolute Gasteiger partial charge is 0.399 e. The predicted octanol–water partition coefficient (Wildman–Crippen LogP) is 2.11. The molecule has 0 aromatic heterocycles. The number of aliphatic imine (C=N–C) groups is 1. The number of carbonyl (C=O) groups is 1. The van der Waals surface area contributed by atoms with Crippen LogP contribution in [0.25, 0.3) is 0 Å². The minimum atomic E-state index is -0.241. The highest BCUT2D eigenvalue weighted by Gasteiger charge is 2.17. The Hall–Kier alpha value is -2.70. The third-order valence-electron chi connectivity index (χ3n) is 2.66. The molecule has 0 radical (unpaired) electrons. The first kappa shape index (κ1) is 18.3. The van der Waals surface area contributed by atoms with Gasteiger partial charge < -0.3 is 15.0 Å². The van der Waals surface area contributed by atoms with Gasteiger partial charge in [0.15, 0.2) is 11.5 Å². The SMILES string of the molecule is CN=C(NC(C)=O)/C(=N/OC)c1ccccc1CON=C(C)C. The van der Waals surface area contributed by atoms with Gasteiger partial charge >= 0.3 is 0 Å². The lowest BCUT2D eigenvalue weighted by Crippen LogP contribution is -2.36. The molecule has 23 heavy (non-hydrogen) atoms. The van der Waals surface area contributed by atoms with Crippen LogP contribution >= 0.6 is 0 Å². The van der Waals surface area contributed by atoms with Gasteiger partial charge in [0, 0.05) is 25.1 Å². The van der Waals surface area contributed by atoms with Crippen LogP contribution in [0.4, 0.5) is 0 Å². The summed E-state index contributed by atoms with van der Waals surface area (Å²) in [6, 6.07) is 7.49. The maximum Gasteiger partial charge on any atom is 0.222 e. The summed E-state index contributed by atoms with van der Waals surface area (Å²) in [4.78, 5) is 25.7. The predicted molar refractivity (Wildman–Crippen MR) is 90.7 cm³/mol. The molecule has 7 heteroatoms. The standard InChI is InChI=1S/C16H22N4O3/c1-11(2)19-23-10-13-8-6-7-9-14(13)15(20-22-5)16(17-4)18-12(3)21/h6-9H,10H2,1-5H3,(H,17,18,21)/b20-15+. The second-order valence-electron chi connectivity index (χ2n) is 4.84. The van der Waals surface area contributed by atoms with Crippen molar-refractivity contribution >= 4 is 23.2 Å². The first-order valence-electron chi connectivity index (χ1n) is 7.07. The summed E-state index contributed by atoms with van der Waals surface area (Å²) in [5.74, 6) is 0.0799. The van der Waals surface area contributed by atoms with E-state index in [1.165, 1.54) is 14.0 Å². The zero-order valence-corrected chi connectivity index (χ0v) is 14.1. The third-order valence-corrected chi connectivity index (χ3v) is 2.66.